The lowest BCUT2D eigenvalue weighted by atomic mass is 9.94. The van der Waals surface area contributed by atoms with Crippen LogP contribution in [0.25, 0.3) is 11.1 Å². The van der Waals surface area contributed by atoms with E-state index >= 15 is 0 Å². The van der Waals surface area contributed by atoms with Gasteiger partial charge in [0, 0.05) is 43.0 Å². The van der Waals surface area contributed by atoms with Crippen molar-refractivity contribution in [3.8, 4) is 16.9 Å². The molecule has 7 nitrogen and oxygen atoms in total. The molecule has 146 valence electrons. The fourth-order valence-electron chi connectivity index (χ4n) is 3.68. The van der Waals surface area contributed by atoms with E-state index in [9.17, 15) is 9.90 Å². The summed E-state index contributed by atoms with van der Waals surface area (Å²) in [5.74, 6) is 1.37. The van der Waals surface area contributed by atoms with Gasteiger partial charge in [0.2, 0.25) is 0 Å². The van der Waals surface area contributed by atoms with Crippen LogP contribution in [-0.4, -0.2) is 52.7 Å². The second-order valence-electron chi connectivity index (χ2n) is 7.53. The van der Waals surface area contributed by atoms with Gasteiger partial charge in [-0.25, -0.2) is 9.79 Å². The first-order valence-electron chi connectivity index (χ1n) is 9.43. The molecule has 0 bridgehead atoms. The van der Waals surface area contributed by atoms with Crippen LogP contribution in [0.5, 0.6) is 5.75 Å². The number of likely N-dealkylation sites (tertiary alicyclic amines) is 1. The number of pyridine rings is 1. The van der Waals surface area contributed by atoms with E-state index < -0.39 is 5.60 Å². The zero-order chi connectivity index (χ0) is 19.7. The molecule has 1 fully saturated rings. The van der Waals surface area contributed by atoms with Crippen molar-refractivity contribution in [2.45, 2.75) is 31.8 Å². The number of aliphatic imine (C=N–C) groups is 1. The maximum absolute atomic E-state index is 12.6. The van der Waals surface area contributed by atoms with E-state index in [0.717, 1.165) is 28.1 Å². The second kappa shape index (κ2) is 7.24. The average molecular weight is 380 g/mol. The van der Waals surface area contributed by atoms with Gasteiger partial charge in [-0.2, -0.15) is 0 Å². The average Bonchev–Trinajstić information content (AvgIpc) is 3.11. The Balaban J connectivity index is 1.56. The predicted octanol–water partition coefficient (Wildman–Crippen LogP) is 2.90. The summed E-state index contributed by atoms with van der Waals surface area (Å²) < 4.78 is 5.50. The third-order valence-corrected chi connectivity index (χ3v) is 5.42. The highest BCUT2D eigenvalue weighted by Gasteiger charge is 2.31. The minimum absolute atomic E-state index is 0.175. The number of urea groups is 1. The molecule has 2 aliphatic heterocycles. The standard InChI is InChI=1S/C21H24N4O3/c1-21(27)7-11-25(12-8-21)20(26)24-18-13-16-17(28-2)4-3-15(19(16)23-18)14-5-9-22-10-6-14/h3-6,9-10,27H,7-8,11-13H2,1-2H3,(H,23,24,26). The number of rotatable bonds is 2. The van der Waals surface area contributed by atoms with Gasteiger partial charge in [-0.3, -0.25) is 10.3 Å². The number of aromatic nitrogens is 1. The van der Waals surface area contributed by atoms with Gasteiger partial charge in [0.05, 0.1) is 18.4 Å². The third kappa shape index (κ3) is 3.57. The molecule has 7 heteroatoms. The van der Waals surface area contributed by atoms with Gasteiger partial charge in [0.25, 0.3) is 0 Å². The van der Waals surface area contributed by atoms with Gasteiger partial charge >= 0.3 is 6.03 Å². The Morgan fingerprint density at radius 2 is 1.93 bits per heavy atom. The number of hydrogen-bond acceptors (Lipinski definition) is 5. The SMILES string of the molecule is COc1ccc(-c2ccncc2)c2c1CC(NC(=O)N1CCC(C)(O)CC1)=N2. The highest BCUT2D eigenvalue weighted by molar-refractivity contribution is 6.04. The molecule has 1 aromatic heterocycles. The number of aliphatic hydroxyl groups is 1. The zero-order valence-corrected chi connectivity index (χ0v) is 16.1. The van der Waals surface area contributed by atoms with Crippen LogP contribution in [0.4, 0.5) is 10.5 Å². The van der Waals surface area contributed by atoms with E-state index in [1.54, 1.807) is 24.4 Å². The van der Waals surface area contributed by atoms with E-state index in [1.807, 2.05) is 31.2 Å². The largest absolute Gasteiger partial charge is 0.496 e. The Morgan fingerprint density at radius 3 is 2.61 bits per heavy atom. The Hall–Kier alpha value is -2.93. The van der Waals surface area contributed by atoms with E-state index in [1.165, 1.54) is 0 Å². The van der Waals surface area contributed by atoms with Crippen molar-refractivity contribution < 1.29 is 14.6 Å². The minimum Gasteiger partial charge on any atom is -0.496 e. The topological polar surface area (TPSA) is 87.0 Å². The molecule has 2 aromatic rings. The number of amides is 2. The predicted molar refractivity (Wildman–Crippen MR) is 107 cm³/mol. The Morgan fingerprint density at radius 1 is 1.21 bits per heavy atom. The van der Waals surface area contributed by atoms with E-state index in [0.29, 0.717) is 38.2 Å². The number of piperidine rings is 1. The number of nitrogens with one attached hydrogen (secondary N) is 1. The molecule has 4 rings (SSSR count). The molecule has 1 saturated heterocycles. The van der Waals surface area contributed by atoms with Gasteiger partial charge < -0.3 is 14.7 Å². The van der Waals surface area contributed by atoms with Crippen LogP contribution in [0, 0.1) is 0 Å². The van der Waals surface area contributed by atoms with Crippen molar-refractivity contribution in [2.24, 2.45) is 4.99 Å². The minimum atomic E-state index is -0.690. The van der Waals surface area contributed by atoms with Gasteiger partial charge in [0.15, 0.2) is 0 Å². The summed E-state index contributed by atoms with van der Waals surface area (Å²) in [6.07, 6.45) is 5.16. The van der Waals surface area contributed by atoms with E-state index in [2.05, 4.69) is 10.3 Å². The maximum Gasteiger partial charge on any atom is 0.322 e. The van der Waals surface area contributed by atoms with Crippen molar-refractivity contribution in [3.63, 3.8) is 0 Å². The molecule has 0 saturated carbocycles. The van der Waals surface area contributed by atoms with Gasteiger partial charge in [-0.05, 0) is 49.6 Å². The lowest BCUT2D eigenvalue weighted by Crippen LogP contribution is -2.50. The molecule has 2 aliphatic rings. The number of hydrogen-bond donors (Lipinski definition) is 2. The lowest BCUT2D eigenvalue weighted by molar-refractivity contribution is 0.00483. The molecule has 0 atom stereocenters. The van der Waals surface area contributed by atoms with Crippen LogP contribution >= 0.6 is 0 Å². The summed E-state index contributed by atoms with van der Waals surface area (Å²) in [6.45, 7) is 2.88. The number of methoxy groups -OCH3 is 1. The lowest BCUT2D eigenvalue weighted by Gasteiger charge is -2.35. The molecule has 2 N–H and O–H groups in total. The smallest absolute Gasteiger partial charge is 0.322 e. The number of ether oxygens (including phenoxy) is 1. The van der Waals surface area contributed by atoms with Gasteiger partial charge in [-0.15, -0.1) is 0 Å². The van der Waals surface area contributed by atoms with Crippen molar-refractivity contribution >= 4 is 17.6 Å². The van der Waals surface area contributed by atoms with Crippen molar-refractivity contribution in [1.82, 2.24) is 15.2 Å². The first kappa shape index (κ1) is 18.4. The van der Waals surface area contributed by atoms with Crippen molar-refractivity contribution in [2.75, 3.05) is 20.2 Å². The van der Waals surface area contributed by atoms with Gasteiger partial charge in [0.1, 0.15) is 11.6 Å². The van der Waals surface area contributed by atoms with Crippen LogP contribution in [0.2, 0.25) is 0 Å². The number of carbonyl (C=O) groups excluding carboxylic acids is 1. The summed E-state index contributed by atoms with van der Waals surface area (Å²) in [5.41, 5.74) is 3.10. The number of benzene rings is 1. The molecule has 0 spiro atoms. The number of carbonyl (C=O) groups is 1. The van der Waals surface area contributed by atoms with Crippen LogP contribution in [0.3, 0.4) is 0 Å². The first-order chi connectivity index (χ1) is 13.5. The molecular formula is C21H24N4O3. The van der Waals surface area contributed by atoms with Crippen LogP contribution in [-0.2, 0) is 6.42 Å². The summed E-state index contributed by atoms with van der Waals surface area (Å²) in [6, 6.07) is 7.61. The number of fused-ring (bicyclic) bond motifs is 1. The molecule has 2 amide bonds. The molecule has 1 aromatic carbocycles. The molecule has 28 heavy (non-hydrogen) atoms. The van der Waals surface area contributed by atoms with Crippen LogP contribution in [0.15, 0.2) is 41.7 Å². The Kier molecular flexibility index (Phi) is 4.77. The fourth-order valence-corrected chi connectivity index (χ4v) is 3.68. The monoisotopic (exact) mass is 380 g/mol. The van der Waals surface area contributed by atoms with Crippen LogP contribution in [0.1, 0.15) is 25.3 Å². The molecule has 0 unspecified atom stereocenters. The maximum atomic E-state index is 12.6. The van der Waals surface area contributed by atoms with Crippen LogP contribution < -0.4 is 10.1 Å². The second-order valence-corrected chi connectivity index (χ2v) is 7.53. The molecule has 0 aliphatic carbocycles. The van der Waals surface area contributed by atoms with Crippen molar-refractivity contribution in [1.29, 1.82) is 0 Å². The Labute approximate surface area is 164 Å². The van der Waals surface area contributed by atoms with Crippen molar-refractivity contribution in [3.05, 3.63) is 42.2 Å². The number of amidine groups is 1. The Bertz CT molecular complexity index is 915. The molecule has 0 radical (unpaired) electrons. The highest BCUT2D eigenvalue weighted by atomic mass is 16.5. The molecular weight excluding hydrogens is 356 g/mol. The number of nitrogens with zero attached hydrogens (tertiary/aromatic N) is 3. The first-order valence-corrected chi connectivity index (χ1v) is 9.43. The summed E-state index contributed by atoms with van der Waals surface area (Å²) >= 11 is 0. The summed E-state index contributed by atoms with van der Waals surface area (Å²) in [5, 5.41) is 13.0. The summed E-state index contributed by atoms with van der Waals surface area (Å²) in [7, 11) is 1.64. The van der Waals surface area contributed by atoms with Gasteiger partial charge in [-0.1, -0.05) is 0 Å². The fraction of sp³-hybridized carbons (Fsp3) is 0.381. The van der Waals surface area contributed by atoms with E-state index in [-0.39, 0.29) is 6.03 Å². The quantitative estimate of drug-likeness (QED) is 0.839. The molecule has 3 heterocycles. The van der Waals surface area contributed by atoms with E-state index in [4.69, 9.17) is 9.73 Å². The normalized spacial score (nSPS) is 17.7. The zero-order valence-electron chi connectivity index (χ0n) is 16.1. The highest BCUT2D eigenvalue weighted by Crippen LogP contribution is 2.41. The third-order valence-electron chi connectivity index (χ3n) is 5.42. The summed E-state index contributed by atoms with van der Waals surface area (Å²) in [4.78, 5) is 23.1.